The number of ether oxygens (including phenoxy) is 2. The minimum atomic E-state index is -1.09. The molecule has 0 radical (unpaired) electrons. The minimum Gasteiger partial charge on any atom is -0.396 e. The van der Waals surface area contributed by atoms with Gasteiger partial charge in [-0.1, -0.05) is 6.92 Å². The van der Waals surface area contributed by atoms with Crippen molar-refractivity contribution in [2.45, 2.75) is 45.1 Å². The molecule has 19 heavy (non-hydrogen) atoms. The molecule has 1 aliphatic heterocycles. The van der Waals surface area contributed by atoms with Gasteiger partial charge in [-0.15, -0.1) is 0 Å². The van der Waals surface area contributed by atoms with Crippen LogP contribution in [0.15, 0.2) is 0 Å². The van der Waals surface area contributed by atoms with Gasteiger partial charge in [0.05, 0.1) is 32.6 Å². The SMILES string of the molecule is C[C@@H]1N[C@H](CCCO)CO[C@H]1OCC(C)(CF)CF. The van der Waals surface area contributed by atoms with Gasteiger partial charge in [0.15, 0.2) is 6.29 Å². The molecule has 0 amide bonds. The largest absolute Gasteiger partial charge is 0.396 e. The summed E-state index contributed by atoms with van der Waals surface area (Å²) in [6.45, 7) is 2.57. The molecule has 1 rings (SSSR count). The predicted molar refractivity (Wildman–Crippen MR) is 68.5 cm³/mol. The molecule has 1 fully saturated rings. The summed E-state index contributed by atoms with van der Waals surface area (Å²) in [7, 11) is 0. The lowest BCUT2D eigenvalue weighted by atomic mass is 9.96. The number of hydrogen-bond donors (Lipinski definition) is 2. The topological polar surface area (TPSA) is 50.7 Å². The van der Waals surface area contributed by atoms with Crippen LogP contribution in [0.1, 0.15) is 26.7 Å². The van der Waals surface area contributed by atoms with E-state index >= 15 is 0 Å². The van der Waals surface area contributed by atoms with Gasteiger partial charge in [-0.25, -0.2) is 0 Å². The van der Waals surface area contributed by atoms with Gasteiger partial charge in [-0.05, 0) is 19.8 Å². The van der Waals surface area contributed by atoms with Gasteiger partial charge >= 0.3 is 0 Å². The van der Waals surface area contributed by atoms with Gasteiger partial charge in [0.1, 0.15) is 0 Å². The van der Waals surface area contributed by atoms with E-state index in [1.54, 1.807) is 0 Å². The average Bonchev–Trinajstić information content (AvgIpc) is 2.43. The van der Waals surface area contributed by atoms with E-state index < -0.39 is 25.1 Å². The molecule has 0 saturated carbocycles. The molecule has 2 N–H and O–H groups in total. The van der Waals surface area contributed by atoms with Gasteiger partial charge in [-0.3, -0.25) is 8.78 Å². The summed E-state index contributed by atoms with van der Waals surface area (Å²) in [5.74, 6) is 0. The van der Waals surface area contributed by atoms with Gasteiger partial charge < -0.3 is 19.9 Å². The molecule has 0 aromatic rings. The summed E-state index contributed by atoms with van der Waals surface area (Å²) < 4.78 is 36.4. The molecule has 6 heteroatoms. The maximum absolute atomic E-state index is 12.7. The first-order valence-electron chi connectivity index (χ1n) is 6.76. The van der Waals surface area contributed by atoms with Crippen molar-refractivity contribution in [2.75, 3.05) is 33.2 Å². The summed E-state index contributed by atoms with van der Waals surface area (Å²) in [5.41, 5.74) is -1.09. The second-order valence-corrected chi connectivity index (χ2v) is 5.61. The first-order chi connectivity index (χ1) is 9.04. The molecule has 0 spiro atoms. The Morgan fingerprint density at radius 1 is 1.42 bits per heavy atom. The van der Waals surface area contributed by atoms with Crippen molar-refractivity contribution in [3.8, 4) is 0 Å². The van der Waals surface area contributed by atoms with Crippen LogP contribution in [0, 0.1) is 5.41 Å². The molecule has 0 aromatic heterocycles. The Morgan fingerprint density at radius 3 is 2.63 bits per heavy atom. The second kappa shape index (κ2) is 8.09. The van der Waals surface area contributed by atoms with Crippen LogP contribution in [0.5, 0.6) is 0 Å². The molecule has 1 aliphatic rings. The Bertz CT molecular complexity index is 252. The Hall–Kier alpha value is -0.300. The second-order valence-electron chi connectivity index (χ2n) is 5.61. The zero-order valence-electron chi connectivity index (χ0n) is 11.7. The molecule has 0 unspecified atom stereocenters. The summed E-state index contributed by atoms with van der Waals surface area (Å²) in [5, 5.41) is 12.1. The van der Waals surface area contributed by atoms with E-state index in [-0.39, 0.29) is 25.3 Å². The zero-order chi connectivity index (χ0) is 14.3. The van der Waals surface area contributed by atoms with Crippen LogP contribution in [0.2, 0.25) is 0 Å². The Morgan fingerprint density at radius 2 is 2.11 bits per heavy atom. The van der Waals surface area contributed by atoms with E-state index in [1.807, 2.05) is 6.92 Å². The van der Waals surface area contributed by atoms with Crippen molar-refractivity contribution in [1.29, 1.82) is 0 Å². The van der Waals surface area contributed by atoms with Crippen LogP contribution in [-0.4, -0.2) is 56.7 Å². The van der Waals surface area contributed by atoms with Crippen LogP contribution < -0.4 is 5.32 Å². The van der Waals surface area contributed by atoms with Crippen molar-refractivity contribution >= 4 is 0 Å². The molecule has 0 aliphatic carbocycles. The third kappa shape index (κ3) is 5.30. The highest BCUT2D eigenvalue weighted by atomic mass is 19.1. The van der Waals surface area contributed by atoms with E-state index in [1.165, 1.54) is 6.92 Å². The first-order valence-corrected chi connectivity index (χ1v) is 6.76. The van der Waals surface area contributed by atoms with Gasteiger partial charge in [0.25, 0.3) is 0 Å². The molecule has 1 heterocycles. The fourth-order valence-electron chi connectivity index (χ4n) is 1.95. The summed E-state index contributed by atoms with van der Waals surface area (Å²) in [6.07, 6.45) is 1.07. The summed E-state index contributed by atoms with van der Waals surface area (Å²) >= 11 is 0. The Kier molecular flexibility index (Phi) is 7.13. The van der Waals surface area contributed by atoms with E-state index in [2.05, 4.69) is 5.32 Å². The molecule has 3 atom stereocenters. The van der Waals surface area contributed by atoms with Crippen molar-refractivity contribution < 1.29 is 23.4 Å². The van der Waals surface area contributed by atoms with E-state index in [0.29, 0.717) is 6.61 Å². The monoisotopic (exact) mass is 281 g/mol. The lowest BCUT2D eigenvalue weighted by Crippen LogP contribution is -2.54. The lowest BCUT2D eigenvalue weighted by molar-refractivity contribution is -0.198. The number of hydrogen-bond acceptors (Lipinski definition) is 4. The minimum absolute atomic E-state index is 0.00199. The smallest absolute Gasteiger partial charge is 0.172 e. The third-order valence-corrected chi connectivity index (χ3v) is 3.32. The molecular weight excluding hydrogens is 256 g/mol. The fraction of sp³-hybridized carbons (Fsp3) is 1.00. The molecule has 1 saturated heterocycles. The Labute approximate surface area is 113 Å². The van der Waals surface area contributed by atoms with Crippen LogP contribution in [0.3, 0.4) is 0 Å². The van der Waals surface area contributed by atoms with Crippen molar-refractivity contribution in [3.05, 3.63) is 0 Å². The number of alkyl halides is 2. The quantitative estimate of drug-likeness (QED) is 0.706. The van der Waals surface area contributed by atoms with Crippen LogP contribution >= 0.6 is 0 Å². The van der Waals surface area contributed by atoms with Crippen LogP contribution in [0.25, 0.3) is 0 Å². The summed E-state index contributed by atoms with van der Waals surface area (Å²) in [6, 6.07) is 0.150. The number of rotatable bonds is 8. The van der Waals surface area contributed by atoms with Crippen LogP contribution in [0.4, 0.5) is 8.78 Å². The predicted octanol–water partition coefficient (Wildman–Crippen LogP) is 1.42. The fourth-order valence-corrected chi connectivity index (χ4v) is 1.95. The van der Waals surface area contributed by atoms with E-state index in [4.69, 9.17) is 14.6 Å². The molecule has 114 valence electrons. The van der Waals surface area contributed by atoms with E-state index in [0.717, 1.165) is 12.8 Å². The van der Waals surface area contributed by atoms with Gasteiger partial charge in [0, 0.05) is 18.1 Å². The first kappa shape index (κ1) is 16.8. The number of aliphatic hydroxyl groups excluding tert-OH is 1. The highest BCUT2D eigenvalue weighted by molar-refractivity contribution is 4.80. The molecular formula is C13H25F2NO3. The standard InChI is InChI=1S/C13H25F2NO3/c1-10-12(19-9-13(2,7-14)8-15)18-6-11(16-10)4-3-5-17/h10-12,16-17H,3-9H2,1-2H3/t10-,11+,12-/m0/s1. The van der Waals surface area contributed by atoms with Gasteiger partial charge in [-0.2, -0.15) is 0 Å². The number of halogens is 2. The maximum Gasteiger partial charge on any atom is 0.172 e. The maximum atomic E-state index is 12.7. The number of aliphatic hydroxyl groups is 1. The van der Waals surface area contributed by atoms with Crippen molar-refractivity contribution in [3.63, 3.8) is 0 Å². The highest BCUT2D eigenvalue weighted by Gasteiger charge is 2.32. The lowest BCUT2D eigenvalue weighted by Gasteiger charge is -2.37. The zero-order valence-corrected chi connectivity index (χ0v) is 11.7. The van der Waals surface area contributed by atoms with Crippen molar-refractivity contribution in [2.24, 2.45) is 5.41 Å². The normalized spacial score (nSPS) is 28.6. The van der Waals surface area contributed by atoms with Crippen molar-refractivity contribution in [1.82, 2.24) is 5.32 Å². The highest BCUT2D eigenvalue weighted by Crippen LogP contribution is 2.21. The van der Waals surface area contributed by atoms with Crippen LogP contribution in [-0.2, 0) is 9.47 Å². The third-order valence-electron chi connectivity index (χ3n) is 3.32. The number of morpholine rings is 1. The number of nitrogens with one attached hydrogen (secondary N) is 1. The van der Waals surface area contributed by atoms with Gasteiger partial charge in [0.2, 0.25) is 0 Å². The Balaban J connectivity index is 2.33. The molecule has 4 nitrogen and oxygen atoms in total. The van der Waals surface area contributed by atoms with E-state index in [9.17, 15) is 8.78 Å². The molecule has 0 bridgehead atoms. The summed E-state index contributed by atoms with van der Waals surface area (Å²) in [4.78, 5) is 0. The molecule has 0 aromatic carbocycles. The average molecular weight is 281 g/mol.